The molecule has 0 aliphatic carbocycles. The van der Waals surface area contributed by atoms with Gasteiger partial charge in [-0.25, -0.2) is 5.43 Å². The van der Waals surface area contributed by atoms with E-state index in [-0.39, 0.29) is 0 Å². The van der Waals surface area contributed by atoms with Crippen molar-refractivity contribution in [1.82, 2.24) is 25.1 Å². The number of rotatable bonds is 3. The molecule has 26 heavy (non-hydrogen) atoms. The molecule has 0 fully saturated rings. The maximum atomic E-state index is 4.45. The minimum atomic E-state index is 0.345. The summed E-state index contributed by atoms with van der Waals surface area (Å²) in [5, 5.41) is 14.8. The number of nitrogens with zero attached hydrogens (tertiary/aromatic N) is 4. The summed E-state index contributed by atoms with van der Waals surface area (Å²) in [6.07, 6.45) is 1.77. The van der Waals surface area contributed by atoms with E-state index in [9.17, 15) is 0 Å². The molecule has 0 atom stereocenters. The van der Waals surface area contributed by atoms with Crippen LogP contribution in [0, 0.1) is 6.92 Å². The molecule has 0 saturated heterocycles. The van der Waals surface area contributed by atoms with E-state index in [1.807, 2.05) is 49.4 Å². The number of anilines is 1. The van der Waals surface area contributed by atoms with Gasteiger partial charge in [0.15, 0.2) is 5.65 Å². The fourth-order valence-electron chi connectivity index (χ4n) is 3.19. The first-order valence-corrected chi connectivity index (χ1v) is 8.27. The molecule has 0 spiro atoms. The quantitative estimate of drug-likeness (QED) is 0.344. The number of hydrogen-bond acceptors (Lipinski definition) is 5. The van der Waals surface area contributed by atoms with Gasteiger partial charge < -0.3 is 9.97 Å². The van der Waals surface area contributed by atoms with Crippen molar-refractivity contribution in [2.24, 2.45) is 5.10 Å². The van der Waals surface area contributed by atoms with Crippen LogP contribution < -0.4 is 5.43 Å². The molecule has 0 unspecified atom stereocenters. The minimum Gasteiger partial charge on any atom is -0.358 e. The second-order valence-corrected chi connectivity index (χ2v) is 6.08. The Hall–Kier alpha value is -3.74. The number of H-pyrrole nitrogens is 2. The van der Waals surface area contributed by atoms with Crippen molar-refractivity contribution in [3.63, 3.8) is 0 Å². The van der Waals surface area contributed by atoms with E-state index in [4.69, 9.17) is 0 Å². The highest BCUT2D eigenvalue weighted by atomic mass is 15.4. The lowest BCUT2D eigenvalue weighted by Crippen LogP contribution is -1.99. The maximum Gasteiger partial charge on any atom is 0.265 e. The fourth-order valence-corrected chi connectivity index (χ4v) is 3.19. The summed E-state index contributed by atoms with van der Waals surface area (Å²) in [7, 11) is 0. The predicted octanol–water partition coefficient (Wildman–Crippen LogP) is 3.74. The smallest absolute Gasteiger partial charge is 0.265 e. The topological polar surface area (TPSA) is 94.6 Å². The molecule has 0 aliphatic rings. The molecular weight excluding hydrogens is 326 g/mol. The van der Waals surface area contributed by atoms with Gasteiger partial charge in [0.25, 0.3) is 5.95 Å². The number of aromatic nitrogens is 5. The number of aromatic amines is 2. The molecular formula is C19H15N7. The van der Waals surface area contributed by atoms with Gasteiger partial charge >= 0.3 is 0 Å². The lowest BCUT2D eigenvalue weighted by Gasteiger charge is -1.97. The lowest BCUT2D eigenvalue weighted by molar-refractivity contribution is 1.01. The van der Waals surface area contributed by atoms with Crippen LogP contribution in [0.15, 0.2) is 53.6 Å². The van der Waals surface area contributed by atoms with E-state index in [1.165, 1.54) is 0 Å². The van der Waals surface area contributed by atoms with Gasteiger partial charge in [0, 0.05) is 33.1 Å². The van der Waals surface area contributed by atoms with E-state index in [1.54, 1.807) is 6.21 Å². The molecule has 7 nitrogen and oxygen atoms in total. The molecule has 126 valence electrons. The van der Waals surface area contributed by atoms with Crippen molar-refractivity contribution in [3.8, 4) is 0 Å². The van der Waals surface area contributed by atoms with Crippen LogP contribution in [0.25, 0.3) is 33.0 Å². The number of para-hydroxylation sites is 2. The summed E-state index contributed by atoms with van der Waals surface area (Å²) in [6, 6.07) is 16.1. The Balaban J connectivity index is 1.46. The molecule has 0 bridgehead atoms. The largest absolute Gasteiger partial charge is 0.358 e. The van der Waals surface area contributed by atoms with Crippen LogP contribution in [0.5, 0.6) is 0 Å². The van der Waals surface area contributed by atoms with Crippen molar-refractivity contribution in [1.29, 1.82) is 0 Å². The molecule has 5 rings (SSSR count). The highest BCUT2D eigenvalue weighted by Gasteiger charge is 2.08. The van der Waals surface area contributed by atoms with E-state index >= 15 is 0 Å². The van der Waals surface area contributed by atoms with Gasteiger partial charge in [-0.2, -0.15) is 10.1 Å². The average molecular weight is 341 g/mol. The van der Waals surface area contributed by atoms with Gasteiger partial charge in [-0.05, 0) is 19.1 Å². The molecule has 0 amide bonds. The Morgan fingerprint density at radius 3 is 2.50 bits per heavy atom. The Bertz CT molecular complexity index is 1280. The number of hydrogen-bond donors (Lipinski definition) is 3. The number of nitrogens with one attached hydrogen (secondary N) is 3. The van der Waals surface area contributed by atoms with E-state index < -0.39 is 0 Å². The average Bonchev–Trinajstić information content (AvgIpc) is 3.18. The molecule has 7 heteroatoms. The second-order valence-electron chi connectivity index (χ2n) is 6.08. The van der Waals surface area contributed by atoms with E-state index in [0.717, 1.165) is 38.6 Å². The summed E-state index contributed by atoms with van der Waals surface area (Å²) in [5.74, 6) is 0.345. The molecule has 0 radical (unpaired) electrons. The fraction of sp³-hybridized carbons (Fsp3) is 0.0526. The molecule has 0 saturated carbocycles. The number of fused-ring (bicyclic) bond motifs is 4. The molecule has 3 N–H and O–H groups in total. The van der Waals surface area contributed by atoms with Crippen molar-refractivity contribution < 1.29 is 0 Å². The highest BCUT2D eigenvalue weighted by molar-refractivity contribution is 6.03. The van der Waals surface area contributed by atoms with Crippen LogP contribution in [-0.4, -0.2) is 31.4 Å². The Kier molecular flexibility index (Phi) is 3.18. The normalized spacial score (nSPS) is 11.9. The molecule has 2 aromatic carbocycles. The maximum absolute atomic E-state index is 4.45. The Labute approximate surface area is 148 Å². The zero-order valence-electron chi connectivity index (χ0n) is 14.0. The summed E-state index contributed by atoms with van der Waals surface area (Å²) in [6.45, 7) is 2.02. The number of hydrazone groups is 1. The van der Waals surface area contributed by atoms with Crippen molar-refractivity contribution in [2.45, 2.75) is 6.92 Å². The molecule has 0 aliphatic heterocycles. The lowest BCUT2D eigenvalue weighted by atomic mass is 10.1. The predicted molar refractivity (Wildman–Crippen MR) is 103 cm³/mol. The van der Waals surface area contributed by atoms with Gasteiger partial charge in [-0.3, -0.25) is 0 Å². The van der Waals surface area contributed by atoms with Gasteiger partial charge in [0.1, 0.15) is 5.52 Å². The Morgan fingerprint density at radius 2 is 1.65 bits per heavy atom. The van der Waals surface area contributed by atoms with Gasteiger partial charge in [0.05, 0.1) is 6.21 Å². The van der Waals surface area contributed by atoms with Crippen molar-refractivity contribution in [3.05, 3.63) is 59.8 Å². The summed E-state index contributed by atoms with van der Waals surface area (Å²) < 4.78 is 0. The van der Waals surface area contributed by atoms with Crippen LogP contribution in [0.3, 0.4) is 0 Å². The first kappa shape index (κ1) is 14.6. The van der Waals surface area contributed by atoms with Gasteiger partial charge in [-0.1, -0.05) is 36.4 Å². The standard InChI is InChI=1S/C19H15N7/c1-11-14(12-6-2-4-8-15(12)21-11)10-20-25-19-23-18-17(24-26-19)13-7-3-5-9-16(13)22-18/h2-10,21H,1H3,(H2,22,23,25,26)/b20-10+. The zero-order valence-corrected chi connectivity index (χ0v) is 14.0. The third kappa shape index (κ3) is 2.29. The van der Waals surface area contributed by atoms with E-state index in [2.05, 4.69) is 41.7 Å². The third-order valence-electron chi connectivity index (χ3n) is 4.42. The summed E-state index contributed by atoms with van der Waals surface area (Å²) >= 11 is 0. The number of aryl methyl sites for hydroxylation is 1. The monoisotopic (exact) mass is 341 g/mol. The Morgan fingerprint density at radius 1 is 0.923 bits per heavy atom. The van der Waals surface area contributed by atoms with Gasteiger partial charge in [-0.15, -0.1) is 10.2 Å². The first-order chi connectivity index (χ1) is 12.8. The minimum absolute atomic E-state index is 0.345. The molecule has 5 aromatic rings. The van der Waals surface area contributed by atoms with E-state index in [0.29, 0.717) is 11.6 Å². The summed E-state index contributed by atoms with van der Waals surface area (Å²) in [5.41, 5.74) is 8.46. The van der Waals surface area contributed by atoms with Crippen LogP contribution >= 0.6 is 0 Å². The van der Waals surface area contributed by atoms with Crippen molar-refractivity contribution >= 4 is 45.1 Å². The van der Waals surface area contributed by atoms with Crippen LogP contribution in [0.2, 0.25) is 0 Å². The summed E-state index contributed by atoms with van der Waals surface area (Å²) in [4.78, 5) is 11.0. The highest BCUT2D eigenvalue weighted by Crippen LogP contribution is 2.22. The molecule has 3 aromatic heterocycles. The van der Waals surface area contributed by atoms with Crippen LogP contribution in [-0.2, 0) is 0 Å². The van der Waals surface area contributed by atoms with Crippen molar-refractivity contribution in [2.75, 3.05) is 5.43 Å². The van der Waals surface area contributed by atoms with Crippen LogP contribution in [0.1, 0.15) is 11.3 Å². The zero-order chi connectivity index (χ0) is 17.5. The molecule has 3 heterocycles. The van der Waals surface area contributed by atoms with Crippen LogP contribution in [0.4, 0.5) is 5.95 Å². The first-order valence-electron chi connectivity index (χ1n) is 8.27. The number of benzene rings is 2. The SMILES string of the molecule is Cc1[nH]c2ccccc2c1/C=N/Nc1nnc2c(n1)[nH]c1ccccc12. The van der Waals surface area contributed by atoms with Gasteiger partial charge in [0.2, 0.25) is 0 Å². The second kappa shape index (κ2) is 5.66. The third-order valence-corrected chi connectivity index (χ3v) is 4.42.